The van der Waals surface area contributed by atoms with E-state index in [0.29, 0.717) is 10.8 Å². The Bertz CT molecular complexity index is 573. The van der Waals surface area contributed by atoms with Crippen molar-refractivity contribution in [3.05, 3.63) is 24.8 Å². The van der Waals surface area contributed by atoms with Gasteiger partial charge < -0.3 is 0 Å². The van der Waals surface area contributed by atoms with E-state index in [0.717, 1.165) is 35.5 Å². The largest absolute Gasteiger partial charge is 0.103 e. The zero-order chi connectivity index (χ0) is 19.2. The summed E-state index contributed by atoms with van der Waals surface area (Å²) in [6.07, 6.45) is 19.6. The van der Waals surface area contributed by atoms with Crippen LogP contribution in [-0.4, -0.2) is 0 Å². The molecule has 0 N–H and O–H groups in total. The smallest absolute Gasteiger partial charge is 0.00529 e. The van der Waals surface area contributed by atoms with Gasteiger partial charge in [-0.3, -0.25) is 0 Å². The highest BCUT2D eigenvalue weighted by atomic mass is 14.7. The number of fused-ring (bicyclic) bond motifs is 5. The number of allylic oxidation sites excluding steroid dienone is 2. The number of hydrogen-bond donors (Lipinski definition) is 0. The molecule has 4 fully saturated rings. The van der Waals surface area contributed by atoms with Crippen LogP contribution in [0.5, 0.6) is 0 Å². The van der Waals surface area contributed by atoms with Gasteiger partial charge in [-0.2, -0.15) is 0 Å². The molecule has 0 heteroatoms. The molecule has 4 rings (SSSR count). The Morgan fingerprint density at radius 1 is 1.00 bits per heavy atom. The van der Waals surface area contributed by atoms with Crippen LogP contribution in [0.3, 0.4) is 0 Å². The molecule has 0 heterocycles. The minimum absolute atomic E-state index is 0.424. The van der Waals surface area contributed by atoms with Crippen molar-refractivity contribution in [1.82, 2.24) is 0 Å². The normalized spacial score (nSPS) is 49.2. The van der Waals surface area contributed by atoms with Crippen molar-refractivity contribution in [2.75, 3.05) is 0 Å². The summed E-state index contributed by atoms with van der Waals surface area (Å²) >= 11 is 0. The van der Waals surface area contributed by atoms with Crippen LogP contribution in [0.1, 0.15) is 97.8 Å². The lowest BCUT2D eigenvalue weighted by molar-refractivity contribution is -0.0897. The summed E-state index contributed by atoms with van der Waals surface area (Å²) in [7, 11) is 0. The highest BCUT2D eigenvalue weighted by Crippen LogP contribution is 2.70. The molecule has 4 aliphatic rings. The third-order valence-electron chi connectivity index (χ3n) is 10.3. The SMILES string of the molecule is C=CC12CCCCC1[C@@H](CC)C(=C)C1C3CCC(CCCC)C3(C)CCC12. The fourth-order valence-corrected chi connectivity index (χ4v) is 9.04. The second kappa shape index (κ2) is 7.38. The zero-order valence-corrected chi connectivity index (χ0v) is 18.4. The van der Waals surface area contributed by atoms with Gasteiger partial charge in [-0.25, -0.2) is 0 Å². The van der Waals surface area contributed by atoms with Gasteiger partial charge in [0, 0.05) is 0 Å². The predicted molar refractivity (Wildman–Crippen MR) is 118 cm³/mol. The third-order valence-corrected chi connectivity index (χ3v) is 10.3. The summed E-state index contributed by atoms with van der Waals surface area (Å²) in [5.41, 5.74) is 2.69. The lowest BCUT2D eigenvalue weighted by atomic mass is 9.41. The van der Waals surface area contributed by atoms with E-state index in [2.05, 4.69) is 33.4 Å². The Morgan fingerprint density at radius 3 is 2.52 bits per heavy atom. The van der Waals surface area contributed by atoms with Gasteiger partial charge >= 0.3 is 0 Å². The summed E-state index contributed by atoms with van der Waals surface area (Å²) in [4.78, 5) is 0. The van der Waals surface area contributed by atoms with Crippen molar-refractivity contribution in [1.29, 1.82) is 0 Å². The van der Waals surface area contributed by atoms with Crippen LogP contribution in [-0.2, 0) is 0 Å². The van der Waals surface area contributed by atoms with Gasteiger partial charge in [-0.15, -0.1) is 6.58 Å². The van der Waals surface area contributed by atoms with Crippen molar-refractivity contribution in [2.24, 2.45) is 46.3 Å². The van der Waals surface area contributed by atoms with E-state index >= 15 is 0 Å². The van der Waals surface area contributed by atoms with Gasteiger partial charge in [-0.1, -0.05) is 64.7 Å². The Morgan fingerprint density at radius 2 is 1.81 bits per heavy atom. The molecule has 4 aliphatic carbocycles. The van der Waals surface area contributed by atoms with Crippen LogP contribution >= 0.6 is 0 Å². The van der Waals surface area contributed by atoms with Crippen molar-refractivity contribution in [2.45, 2.75) is 97.8 Å². The maximum atomic E-state index is 4.85. The molecule has 4 saturated carbocycles. The Hall–Kier alpha value is -0.520. The molecule has 27 heavy (non-hydrogen) atoms. The van der Waals surface area contributed by atoms with E-state index in [9.17, 15) is 0 Å². The average Bonchev–Trinajstić information content (AvgIpc) is 3.02. The Balaban J connectivity index is 1.70. The summed E-state index contributed by atoms with van der Waals surface area (Å²) in [5.74, 6) is 5.09. The Kier molecular flexibility index (Phi) is 5.41. The molecule has 0 aromatic rings. The van der Waals surface area contributed by atoms with Crippen LogP contribution in [0.15, 0.2) is 24.8 Å². The number of unbranched alkanes of at least 4 members (excludes halogenated alkanes) is 1. The maximum Gasteiger partial charge on any atom is -0.00529 e. The van der Waals surface area contributed by atoms with Crippen molar-refractivity contribution in [3.63, 3.8) is 0 Å². The minimum Gasteiger partial charge on any atom is -0.103 e. The molecular formula is C27H44. The molecule has 0 spiro atoms. The molecule has 0 amide bonds. The first-order valence-electron chi connectivity index (χ1n) is 12.4. The highest BCUT2D eigenvalue weighted by molar-refractivity contribution is 5.27. The third kappa shape index (κ3) is 2.75. The first kappa shape index (κ1) is 19.8. The van der Waals surface area contributed by atoms with Crippen molar-refractivity contribution in [3.8, 4) is 0 Å². The van der Waals surface area contributed by atoms with Gasteiger partial charge in [0.1, 0.15) is 0 Å². The topological polar surface area (TPSA) is 0 Å². The first-order chi connectivity index (χ1) is 13.0. The summed E-state index contributed by atoms with van der Waals surface area (Å²) in [6, 6.07) is 0. The van der Waals surface area contributed by atoms with E-state index in [1.165, 1.54) is 77.0 Å². The van der Waals surface area contributed by atoms with Gasteiger partial charge in [0.05, 0.1) is 0 Å². The lowest BCUT2D eigenvalue weighted by Crippen LogP contribution is -2.56. The van der Waals surface area contributed by atoms with Crippen molar-refractivity contribution < 1.29 is 0 Å². The van der Waals surface area contributed by atoms with Crippen LogP contribution in [0.25, 0.3) is 0 Å². The molecule has 8 atom stereocenters. The number of hydrogen-bond acceptors (Lipinski definition) is 0. The molecule has 0 nitrogen and oxygen atoms in total. The molecule has 7 unspecified atom stereocenters. The molecule has 0 aliphatic heterocycles. The maximum absolute atomic E-state index is 4.85. The van der Waals surface area contributed by atoms with Crippen molar-refractivity contribution >= 4 is 0 Å². The van der Waals surface area contributed by atoms with E-state index in [4.69, 9.17) is 6.58 Å². The monoisotopic (exact) mass is 368 g/mol. The molecular weight excluding hydrogens is 324 g/mol. The zero-order valence-electron chi connectivity index (χ0n) is 18.4. The second-order valence-corrected chi connectivity index (χ2v) is 11.0. The molecule has 0 saturated heterocycles. The van der Waals surface area contributed by atoms with Gasteiger partial charge in [0.15, 0.2) is 0 Å². The first-order valence-corrected chi connectivity index (χ1v) is 12.4. The Labute approximate surface area is 169 Å². The van der Waals surface area contributed by atoms with Gasteiger partial charge in [0.2, 0.25) is 0 Å². The quantitative estimate of drug-likeness (QED) is 0.429. The van der Waals surface area contributed by atoms with Gasteiger partial charge in [-0.05, 0) is 97.7 Å². The van der Waals surface area contributed by atoms with E-state index in [1.54, 1.807) is 5.57 Å². The van der Waals surface area contributed by atoms with Gasteiger partial charge in [0.25, 0.3) is 0 Å². The van der Waals surface area contributed by atoms with E-state index in [1.807, 2.05) is 0 Å². The average molecular weight is 369 g/mol. The minimum atomic E-state index is 0.424. The molecule has 0 radical (unpaired) electrons. The van der Waals surface area contributed by atoms with Crippen LogP contribution < -0.4 is 0 Å². The van der Waals surface area contributed by atoms with E-state index < -0.39 is 0 Å². The number of rotatable bonds is 5. The lowest BCUT2D eigenvalue weighted by Gasteiger charge is -2.63. The second-order valence-electron chi connectivity index (χ2n) is 11.0. The van der Waals surface area contributed by atoms with E-state index in [-0.39, 0.29) is 0 Å². The van der Waals surface area contributed by atoms with Crippen LogP contribution in [0.4, 0.5) is 0 Å². The molecule has 0 aromatic carbocycles. The molecule has 152 valence electrons. The fraction of sp³-hybridized carbons (Fsp3) is 0.852. The highest BCUT2D eigenvalue weighted by Gasteiger charge is 2.62. The summed E-state index contributed by atoms with van der Waals surface area (Å²) in [5, 5.41) is 0. The van der Waals surface area contributed by atoms with Crippen LogP contribution in [0.2, 0.25) is 0 Å². The summed E-state index contributed by atoms with van der Waals surface area (Å²) < 4.78 is 0. The summed E-state index contributed by atoms with van der Waals surface area (Å²) in [6.45, 7) is 16.8. The predicted octanol–water partition coefficient (Wildman–Crippen LogP) is 8.19. The van der Waals surface area contributed by atoms with Crippen LogP contribution in [0, 0.1) is 46.3 Å². The molecule has 0 bridgehead atoms. The molecule has 0 aromatic heterocycles. The fourth-order valence-electron chi connectivity index (χ4n) is 9.04. The standard InChI is InChI=1S/C27H44/c1-6-9-12-20-14-15-23-25-19(4)21(7-2)22-13-10-11-17-27(22,8-3)24(25)16-18-26(20,23)5/h8,20-25H,3-4,6-7,9-18H2,1-2,5H3/t20?,21-,22?,23?,24?,25?,26?,27?/m0/s1.